The molecule has 0 aliphatic rings. The number of hydrogen-bond donors (Lipinski definition) is 2. The second-order valence-electron chi connectivity index (χ2n) is 5.54. The number of halogens is 1. The zero-order chi connectivity index (χ0) is 16.2. The second kappa shape index (κ2) is 6.96. The van der Waals surface area contributed by atoms with Crippen LogP contribution in [0.1, 0.15) is 20.3 Å². The van der Waals surface area contributed by atoms with Gasteiger partial charge in [-0.25, -0.2) is 9.97 Å². The van der Waals surface area contributed by atoms with Gasteiger partial charge in [-0.1, -0.05) is 28.9 Å². The molecule has 118 valence electrons. The average molecular weight is 371 g/mol. The minimum absolute atomic E-state index is 0.429. The molecule has 0 radical (unpaired) electrons. The van der Waals surface area contributed by atoms with Crippen LogP contribution in [0.3, 0.4) is 0 Å². The van der Waals surface area contributed by atoms with Crippen LogP contribution < -0.4 is 10.6 Å². The lowest BCUT2D eigenvalue weighted by atomic mass is 10.1. The Morgan fingerprint density at radius 3 is 2.74 bits per heavy atom. The Morgan fingerprint density at radius 2 is 1.96 bits per heavy atom. The van der Waals surface area contributed by atoms with Crippen molar-refractivity contribution in [2.45, 2.75) is 26.3 Å². The molecule has 1 unspecified atom stereocenters. The Hall–Kier alpha value is -2.14. The summed E-state index contributed by atoms with van der Waals surface area (Å²) in [7, 11) is 0. The van der Waals surface area contributed by atoms with E-state index < -0.39 is 0 Å². The molecule has 0 aliphatic carbocycles. The van der Waals surface area contributed by atoms with E-state index in [-0.39, 0.29) is 0 Å². The first-order valence-corrected chi connectivity index (χ1v) is 8.49. The van der Waals surface area contributed by atoms with Crippen LogP contribution in [0.5, 0.6) is 0 Å². The Morgan fingerprint density at radius 1 is 1.09 bits per heavy atom. The van der Waals surface area contributed by atoms with Crippen molar-refractivity contribution in [2.24, 2.45) is 0 Å². The maximum absolute atomic E-state index is 4.41. The molecule has 3 aromatic rings. The van der Waals surface area contributed by atoms with E-state index in [9.17, 15) is 0 Å². The standard InChI is InChI=1S/C18H19BrN4/c1-3-12(2)22-15-7-8-17-16(10-15)18(21-11-20-17)23-14-6-4-5-13(19)9-14/h4-12,22H,3H2,1-2H3,(H,20,21,23). The lowest BCUT2D eigenvalue weighted by molar-refractivity contribution is 0.764. The molecule has 2 aromatic carbocycles. The molecule has 0 fully saturated rings. The molecule has 0 spiro atoms. The van der Waals surface area contributed by atoms with E-state index in [1.54, 1.807) is 6.33 Å². The van der Waals surface area contributed by atoms with E-state index in [1.807, 2.05) is 30.3 Å². The number of fused-ring (bicyclic) bond motifs is 1. The van der Waals surface area contributed by atoms with Crippen molar-refractivity contribution >= 4 is 44.0 Å². The maximum Gasteiger partial charge on any atom is 0.141 e. The van der Waals surface area contributed by atoms with Gasteiger partial charge in [0.1, 0.15) is 12.1 Å². The number of rotatable bonds is 5. The van der Waals surface area contributed by atoms with Crippen molar-refractivity contribution in [1.82, 2.24) is 9.97 Å². The molecular formula is C18H19BrN4. The first kappa shape index (κ1) is 15.7. The quantitative estimate of drug-likeness (QED) is 0.635. The Kier molecular flexibility index (Phi) is 4.76. The van der Waals surface area contributed by atoms with Gasteiger partial charge in [0.05, 0.1) is 5.52 Å². The summed E-state index contributed by atoms with van der Waals surface area (Å²) in [6, 6.07) is 14.6. The predicted octanol–water partition coefficient (Wildman–Crippen LogP) is 5.35. The van der Waals surface area contributed by atoms with Crippen LogP contribution in [0.15, 0.2) is 53.3 Å². The second-order valence-corrected chi connectivity index (χ2v) is 6.46. The third-order valence-electron chi connectivity index (χ3n) is 3.75. The van der Waals surface area contributed by atoms with Crippen molar-refractivity contribution in [1.29, 1.82) is 0 Å². The van der Waals surface area contributed by atoms with Gasteiger partial charge in [-0.15, -0.1) is 0 Å². The van der Waals surface area contributed by atoms with Crippen LogP contribution in [0.4, 0.5) is 17.2 Å². The smallest absolute Gasteiger partial charge is 0.141 e. The van der Waals surface area contributed by atoms with Crippen molar-refractivity contribution < 1.29 is 0 Å². The van der Waals surface area contributed by atoms with Crippen LogP contribution in [0, 0.1) is 0 Å². The zero-order valence-corrected chi connectivity index (χ0v) is 14.8. The maximum atomic E-state index is 4.41. The summed E-state index contributed by atoms with van der Waals surface area (Å²) in [6.45, 7) is 4.34. The molecule has 3 rings (SSSR count). The minimum Gasteiger partial charge on any atom is -0.383 e. The van der Waals surface area contributed by atoms with Gasteiger partial charge in [-0.05, 0) is 49.7 Å². The molecule has 1 atom stereocenters. The normalized spacial score (nSPS) is 12.1. The number of nitrogens with one attached hydrogen (secondary N) is 2. The highest BCUT2D eigenvalue weighted by molar-refractivity contribution is 9.10. The molecular weight excluding hydrogens is 352 g/mol. The van der Waals surface area contributed by atoms with Gasteiger partial charge in [-0.3, -0.25) is 0 Å². The topological polar surface area (TPSA) is 49.8 Å². The summed E-state index contributed by atoms with van der Waals surface area (Å²) in [6.07, 6.45) is 2.66. The number of hydrogen-bond acceptors (Lipinski definition) is 4. The van der Waals surface area contributed by atoms with Gasteiger partial charge in [0.25, 0.3) is 0 Å². The minimum atomic E-state index is 0.429. The molecule has 4 nitrogen and oxygen atoms in total. The van der Waals surface area contributed by atoms with Crippen molar-refractivity contribution in [3.8, 4) is 0 Å². The van der Waals surface area contributed by atoms with Gasteiger partial charge >= 0.3 is 0 Å². The molecule has 0 bridgehead atoms. The molecule has 0 saturated heterocycles. The highest BCUT2D eigenvalue weighted by Crippen LogP contribution is 2.27. The van der Waals surface area contributed by atoms with Gasteiger partial charge in [-0.2, -0.15) is 0 Å². The summed E-state index contributed by atoms with van der Waals surface area (Å²) < 4.78 is 1.03. The monoisotopic (exact) mass is 370 g/mol. The zero-order valence-electron chi connectivity index (χ0n) is 13.2. The summed E-state index contributed by atoms with van der Waals surface area (Å²) in [4.78, 5) is 8.76. The summed E-state index contributed by atoms with van der Waals surface area (Å²) in [5.41, 5.74) is 2.99. The number of anilines is 3. The molecule has 5 heteroatoms. The third kappa shape index (κ3) is 3.79. The lowest BCUT2D eigenvalue weighted by Gasteiger charge is -2.14. The van der Waals surface area contributed by atoms with E-state index in [4.69, 9.17) is 0 Å². The molecule has 1 aromatic heterocycles. The Labute approximate surface area is 144 Å². The van der Waals surface area contributed by atoms with E-state index in [0.29, 0.717) is 6.04 Å². The SMILES string of the molecule is CCC(C)Nc1ccc2ncnc(Nc3cccc(Br)c3)c2c1. The first-order valence-electron chi connectivity index (χ1n) is 7.69. The molecule has 0 amide bonds. The van der Waals surface area contributed by atoms with Gasteiger partial charge < -0.3 is 10.6 Å². The van der Waals surface area contributed by atoms with E-state index in [2.05, 4.69) is 62.5 Å². The molecule has 0 saturated carbocycles. The largest absolute Gasteiger partial charge is 0.383 e. The van der Waals surface area contributed by atoms with Gasteiger partial charge in [0.2, 0.25) is 0 Å². The van der Waals surface area contributed by atoms with Crippen LogP contribution in [-0.4, -0.2) is 16.0 Å². The Balaban J connectivity index is 1.97. The van der Waals surface area contributed by atoms with Crippen LogP contribution in [0.2, 0.25) is 0 Å². The average Bonchev–Trinajstić information content (AvgIpc) is 2.55. The van der Waals surface area contributed by atoms with Crippen molar-refractivity contribution in [3.63, 3.8) is 0 Å². The molecule has 23 heavy (non-hydrogen) atoms. The van der Waals surface area contributed by atoms with Gasteiger partial charge in [0.15, 0.2) is 0 Å². The summed E-state index contributed by atoms with van der Waals surface area (Å²) in [5, 5.41) is 7.87. The number of benzene rings is 2. The highest BCUT2D eigenvalue weighted by atomic mass is 79.9. The van der Waals surface area contributed by atoms with Crippen LogP contribution in [0.25, 0.3) is 10.9 Å². The van der Waals surface area contributed by atoms with Crippen molar-refractivity contribution in [2.75, 3.05) is 10.6 Å². The van der Waals surface area contributed by atoms with E-state index in [1.165, 1.54) is 0 Å². The fraction of sp³-hybridized carbons (Fsp3) is 0.222. The third-order valence-corrected chi connectivity index (χ3v) is 4.24. The van der Waals surface area contributed by atoms with Crippen LogP contribution >= 0.6 is 15.9 Å². The van der Waals surface area contributed by atoms with Crippen LogP contribution in [-0.2, 0) is 0 Å². The number of aromatic nitrogens is 2. The summed E-state index contributed by atoms with van der Waals surface area (Å²) in [5.74, 6) is 0.806. The lowest BCUT2D eigenvalue weighted by Crippen LogP contribution is -2.13. The molecule has 0 aliphatic heterocycles. The van der Waals surface area contributed by atoms with Crippen molar-refractivity contribution in [3.05, 3.63) is 53.3 Å². The predicted molar refractivity (Wildman–Crippen MR) is 100 cm³/mol. The fourth-order valence-corrected chi connectivity index (χ4v) is 2.73. The highest BCUT2D eigenvalue weighted by Gasteiger charge is 2.07. The van der Waals surface area contributed by atoms with E-state index >= 15 is 0 Å². The van der Waals surface area contributed by atoms with Gasteiger partial charge in [0, 0.05) is 27.3 Å². The first-order chi connectivity index (χ1) is 11.2. The molecule has 2 N–H and O–H groups in total. The summed E-state index contributed by atoms with van der Waals surface area (Å²) >= 11 is 3.49. The molecule has 1 heterocycles. The van der Waals surface area contributed by atoms with E-state index in [0.717, 1.165) is 39.0 Å². The fourth-order valence-electron chi connectivity index (χ4n) is 2.34. The Bertz CT molecular complexity index is 819. The number of nitrogens with zero attached hydrogens (tertiary/aromatic N) is 2.